The minimum atomic E-state index is -0.550. The van der Waals surface area contributed by atoms with Crippen molar-refractivity contribution >= 4 is 23.2 Å². The summed E-state index contributed by atoms with van der Waals surface area (Å²) < 4.78 is 14.3. The lowest BCUT2D eigenvalue weighted by Gasteiger charge is -2.37. The molecule has 1 aliphatic heterocycles. The van der Waals surface area contributed by atoms with Gasteiger partial charge in [0.25, 0.3) is 5.91 Å². The second-order valence-electron chi connectivity index (χ2n) is 8.66. The summed E-state index contributed by atoms with van der Waals surface area (Å²) in [6.45, 7) is 0.691. The van der Waals surface area contributed by atoms with E-state index in [1.165, 1.54) is 12.1 Å². The van der Waals surface area contributed by atoms with E-state index in [1.54, 1.807) is 17.0 Å². The van der Waals surface area contributed by atoms with Crippen LogP contribution in [0.4, 0.5) is 15.8 Å². The summed E-state index contributed by atoms with van der Waals surface area (Å²) in [7, 11) is 3.92. The van der Waals surface area contributed by atoms with E-state index in [0.717, 1.165) is 11.3 Å². The van der Waals surface area contributed by atoms with Crippen molar-refractivity contribution < 1.29 is 14.0 Å². The zero-order valence-electron chi connectivity index (χ0n) is 18.9. The maximum absolute atomic E-state index is 14.3. The third-order valence-electron chi connectivity index (χ3n) is 6.14. The van der Waals surface area contributed by atoms with Crippen molar-refractivity contribution in [2.75, 3.05) is 37.4 Å². The minimum absolute atomic E-state index is 0.0115. The number of carbonyl (C=O) groups is 2. The summed E-state index contributed by atoms with van der Waals surface area (Å²) >= 11 is 0. The number of piperidine rings is 1. The second kappa shape index (κ2) is 9.86. The number of likely N-dealkylation sites (tertiary alicyclic amines) is 1. The normalized spacial score (nSPS) is 18.0. The zero-order valence-corrected chi connectivity index (χ0v) is 18.9. The van der Waals surface area contributed by atoms with Crippen molar-refractivity contribution in [1.82, 2.24) is 4.90 Å². The Morgan fingerprint density at radius 1 is 0.909 bits per heavy atom. The molecule has 6 heteroatoms. The van der Waals surface area contributed by atoms with Gasteiger partial charge >= 0.3 is 0 Å². The van der Waals surface area contributed by atoms with Crippen molar-refractivity contribution in [3.63, 3.8) is 0 Å². The van der Waals surface area contributed by atoms with Gasteiger partial charge in [0.15, 0.2) is 0 Å². The third kappa shape index (κ3) is 5.22. The fourth-order valence-corrected chi connectivity index (χ4v) is 4.31. The minimum Gasteiger partial charge on any atom is -0.378 e. The lowest BCUT2D eigenvalue weighted by atomic mass is 9.83. The smallest absolute Gasteiger partial charge is 0.256 e. The fourth-order valence-electron chi connectivity index (χ4n) is 4.31. The molecule has 0 spiro atoms. The van der Waals surface area contributed by atoms with E-state index in [4.69, 9.17) is 0 Å². The van der Waals surface area contributed by atoms with Crippen LogP contribution in [0.2, 0.25) is 0 Å². The van der Waals surface area contributed by atoms with E-state index in [9.17, 15) is 14.0 Å². The van der Waals surface area contributed by atoms with Crippen LogP contribution in [0.1, 0.15) is 28.3 Å². The molecule has 2 atom stereocenters. The lowest BCUT2D eigenvalue weighted by molar-refractivity contribution is -0.121. The number of hydrogen-bond donors (Lipinski definition) is 1. The highest BCUT2D eigenvalue weighted by molar-refractivity contribution is 5.96. The number of halogens is 1. The molecule has 0 bridgehead atoms. The van der Waals surface area contributed by atoms with Crippen molar-refractivity contribution in [3.8, 4) is 0 Å². The van der Waals surface area contributed by atoms with E-state index in [0.29, 0.717) is 18.7 Å². The number of carbonyl (C=O) groups excluding carboxylic acids is 2. The van der Waals surface area contributed by atoms with Crippen LogP contribution in [0.3, 0.4) is 0 Å². The molecule has 1 N–H and O–H groups in total. The molecule has 0 aliphatic carbocycles. The van der Waals surface area contributed by atoms with Gasteiger partial charge < -0.3 is 15.1 Å². The van der Waals surface area contributed by atoms with Gasteiger partial charge in [0, 0.05) is 44.5 Å². The van der Waals surface area contributed by atoms with Crippen molar-refractivity contribution in [2.24, 2.45) is 5.92 Å². The molecule has 1 heterocycles. The van der Waals surface area contributed by atoms with Crippen LogP contribution >= 0.6 is 0 Å². The molecule has 0 saturated carbocycles. The monoisotopic (exact) mass is 445 g/mol. The standard InChI is InChI=1S/C27H28FN3O2/c1-30(2)23-14-12-22(13-15-23)29-26(32)21-16-20(19-8-4-3-5-9-19)17-31(18-21)27(33)24-10-6-7-11-25(24)28/h3-15,20-21H,16-18H2,1-2H3,(H,29,32)/t20-,21+/m0/s1. The van der Waals surface area contributed by atoms with Gasteiger partial charge in [-0.3, -0.25) is 9.59 Å². The Kier molecular flexibility index (Phi) is 6.73. The first kappa shape index (κ1) is 22.5. The van der Waals surface area contributed by atoms with Crippen LogP contribution in [0.25, 0.3) is 0 Å². The molecule has 170 valence electrons. The molecule has 1 aliphatic rings. The number of rotatable bonds is 5. The van der Waals surface area contributed by atoms with E-state index in [1.807, 2.05) is 73.6 Å². The maximum atomic E-state index is 14.3. The molecule has 2 amide bonds. The number of benzene rings is 3. The van der Waals surface area contributed by atoms with Gasteiger partial charge in [-0.05, 0) is 48.4 Å². The van der Waals surface area contributed by atoms with Crippen LogP contribution in [-0.4, -0.2) is 43.9 Å². The van der Waals surface area contributed by atoms with Gasteiger partial charge in [-0.15, -0.1) is 0 Å². The average molecular weight is 446 g/mol. The number of hydrogen-bond acceptors (Lipinski definition) is 3. The van der Waals surface area contributed by atoms with Crippen LogP contribution in [0.15, 0.2) is 78.9 Å². The predicted molar refractivity (Wildman–Crippen MR) is 129 cm³/mol. The first-order chi connectivity index (χ1) is 15.9. The molecule has 3 aromatic rings. The molecule has 0 aromatic heterocycles. The Morgan fingerprint density at radius 3 is 2.24 bits per heavy atom. The van der Waals surface area contributed by atoms with Gasteiger partial charge in [0.2, 0.25) is 5.91 Å². The summed E-state index contributed by atoms with van der Waals surface area (Å²) in [5, 5.41) is 2.99. The van der Waals surface area contributed by atoms with Crippen molar-refractivity contribution in [3.05, 3.63) is 95.8 Å². The third-order valence-corrected chi connectivity index (χ3v) is 6.14. The number of amides is 2. The fraction of sp³-hybridized carbons (Fsp3) is 0.259. The Morgan fingerprint density at radius 2 is 1.58 bits per heavy atom. The molecular weight excluding hydrogens is 417 g/mol. The number of nitrogens with zero attached hydrogens (tertiary/aromatic N) is 2. The first-order valence-corrected chi connectivity index (χ1v) is 11.1. The van der Waals surface area contributed by atoms with E-state index < -0.39 is 11.7 Å². The Bertz CT molecular complexity index is 1120. The molecule has 33 heavy (non-hydrogen) atoms. The Labute approximate surface area is 193 Å². The lowest BCUT2D eigenvalue weighted by Crippen LogP contribution is -2.46. The summed E-state index contributed by atoms with van der Waals surface area (Å²) in [6, 6.07) is 23.5. The second-order valence-corrected chi connectivity index (χ2v) is 8.66. The molecule has 0 unspecified atom stereocenters. The highest BCUT2D eigenvalue weighted by Crippen LogP contribution is 2.32. The highest BCUT2D eigenvalue weighted by atomic mass is 19.1. The Hall–Kier alpha value is -3.67. The average Bonchev–Trinajstić information content (AvgIpc) is 2.84. The van der Waals surface area contributed by atoms with Gasteiger partial charge in [-0.1, -0.05) is 42.5 Å². The Balaban J connectivity index is 1.56. The molecule has 1 saturated heterocycles. The molecule has 1 fully saturated rings. The zero-order chi connectivity index (χ0) is 23.4. The molecule has 4 rings (SSSR count). The molecular formula is C27H28FN3O2. The van der Waals surface area contributed by atoms with E-state index in [-0.39, 0.29) is 29.8 Å². The van der Waals surface area contributed by atoms with Crippen LogP contribution in [0.5, 0.6) is 0 Å². The summed E-state index contributed by atoms with van der Waals surface area (Å²) in [6.07, 6.45) is 0.618. The summed E-state index contributed by atoms with van der Waals surface area (Å²) in [5.41, 5.74) is 2.84. The maximum Gasteiger partial charge on any atom is 0.256 e. The quantitative estimate of drug-likeness (QED) is 0.615. The van der Waals surface area contributed by atoms with Gasteiger partial charge in [0.05, 0.1) is 11.5 Å². The first-order valence-electron chi connectivity index (χ1n) is 11.1. The van der Waals surface area contributed by atoms with Crippen molar-refractivity contribution in [1.29, 1.82) is 0 Å². The van der Waals surface area contributed by atoms with Gasteiger partial charge in [-0.25, -0.2) is 4.39 Å². The topological polar surface area (TPSA) is 52.7 Å². The summed E-state index contributed by atoms with van der Waals surface area (Å²) in [4.78, 5) is 30.0. The van der Waals surface area contributed by atoms with Crippen LogP contribution in [0, 0.1) is 11.7 Å². The number of anilines is 2. The van der Waals surface area contributed by atoms with Gasteiger partial charge in [-0.2, -0.15) is 0 Å². The SMILES string of the molecule is CN(C)c1ccc(NC(=O)[C@@H]2C[C@H](c3ccccc3)CN(C(=O)c3ccccc3F)C2)cc1. The largest absolute Gasteiger partial charge is 0.378 e. The molecule has 0 radical (unpaired) electrons. The number of nitrogens with one attached hydrogen (secondary N) is 1. The summed E-state index contributed by atoms with van der Waals surface area (Å²) in [5.74, 6) is -1.50. The van der Waals surface area contributed by atoms with E-state index in [2.05, 4.69) is 5.32 Å². The van der Waals surface area contributed by atoms with Gasteiger partial charge in [0.1, 0.15) is 5.82 Å². The molecule has 5 nitrogen and oxygen atoms in total. The highest BCUT2D eigenvalue weighted by Gasteiger charge is 2.35. The predicted octanol–water partition coefficient (Wildman–Crippen LogP) is 4.78. The van der Waals surface area contributed by atoms with Crippen LogP contribution < -0.4 is 10.2 Å². The molecule has 3 aromatic carbocycles. The van der Waals surface area contributed by atoms with Crippen molar-refractivity contribution in [2.45, 2.75) is 12.3 Å². The van der Waals surface area contributed by atoms with Crippen LogP contribution in [-0.2, 0) is 4.79 Å². The van der Waals surface area contributed by atoms with E-state index >= 15 is 0 Å².